The first-order valence-electron chi connectivity index (χ1n) is 8.65. The average Bonchev–Trinajstić information content (AvgIpc) is 3.14. The van der Waals surface area contributed by atoms with Crippen molar-refractivity contribution in [3.63, 3.8) is 0 Å². The number of nitrogens with one attached hydrogen (secondary N) is 1. The summed E-state index contributed by atoms with van der Waals surface area (Å²) in [7, 11) is -0.405. The van der Waals surface area contributed by atoms with Gasteiger partial charge in [0, 0.05) is 19.1 Å². The van der Waals surface area contributed by atoms with Crippen LogP contribution in [-0.4, -0.2) is 35.7 Å². The van der Waals surface area contributed by atoms with Crippen LogP contribution in [-0.2, 0) is 17.9 Å². The van der Waals surface area contributed by atoms with E-state index in [1.807, 2.05) is 0 Å². The third kappa shape index (κ3) is 4.50. The van der Waals surface area contributed by atoms with Gasteiger partial charge in [-0.15, -0.1) is 0 Å². The summed E-state index contributed by atoms with van der Waals surface area (Å²) in [5, 5.41) is 7.73. The van der Waals surface area contributed by atoms with Crippen molar-refractivity contribution in [2.24, 2.45) is 5.73 Å². The van der Waals surface area contributed by atoms with Gasteiger partial charge in [-0.1, -0.05) is 36.4 Å². The number of piperidine rings is 1. The molecule has 0 radical (unpaired) electrons. The van der Waals surface area contributed by atoms with Crippen LogP contribution < -0.4 is 11.1 Å². The van der Waals surface area contributed by atoms with E-state index in [1.165, 1.54) is 5.56 Å². The van der Waals surface area contributed by atoms with Gasteiger partial charge < -0.3 is 16.0 Å². The lowest BCUT2D eigenvalue weighted by molar-refractivity contribution is -0.131. The Hall–Kier alpha value is -1.56. The summed E-state index contributed by atoms with van der Waals surface area (Å²) >= 11 is 0. The minimum atomic E-state index is -0.405. The Balaban J connectivity index is 1.71. The maximum Gasteiger partial charge on any atom is 0.231 e. The number of hydrogen-bond acceptors (Lipinski definition) is 3. The molecule has 0 atom stereocenters. The second-order valence-corrected chi connectivity index (χ2v) is 8.32. The molecule has 3 rings (SSSR count). The summed E-state index contributed by atoms with van der Waals surface area (Å²) in [4.78, 5) is 15.1. The summed E-state index contributed by atoms with van der Waals surface area (Å²) in [5.74, 6) is 0.916. The van der Waals surface area contributed by atoms with Crippen LogP contribution in [0.2, 0.25) is 0 Å². The maximum absolute atomic E-state index is 13.0. The van der Waals surface area contributed by atoms with E-state index in [0.29, 0.717) is 24.9 Å². The lowest BCUT2D eigenvalue weighted by Gasteiger charge is -2.35. The zero-order valence-corrected chi connectivity index (χ0v) is 14.9. The number of allylic oxidation sites excluding steroid dienone is 2. The molecular weight excluding hydrogens is 318 g/mol. The molecular formula is C19H27N3OS. The first kappa shape index (κ1) is 17.3. The largest absolute Gasteiger partial charge is 0.335 e. The standard InChI is InChI=1S/C19H27N3OS/c20-13-16-3-5-17(6-4-16)14-22(18-7-9-21-10-8-18)19(23)15-24-11-1-2-12-24/h1-6,11-12,18,21,24H,7-10,13-15,20H2. The van der Waals surface area contributed by atoms with Crippen LogP contribution in [0, 0.1) is 0 Å². The van der Waals surface area contributed by atoms with Gasteiger partial charge in [0.2, 0.25) is 5.91 Å². The molecule has 1 saturated heterocycles. The van der Waals surface area contributed by atoms with Crippen LogP contribution in [0.4, 0.5) is 0 Å². The van der Waals surface area contributed by atoms with Gasteiger partial charge in [0.1, 0.15) is 0 Å². The summed E-state index contributed by atoms with van der Waals surface area (Å²) in [5.41, 5.74) is 7.99. The molecule has 5 heteroatoms. The quantitative estimate of drug-likeness (QED) is 0.693. The van der Waals surface area contributed by atoms with E-state index in [0.717, 1.165) is 31.5 Å². The van der Waals surface area contributed by atoms with Gasteiger partial charge in [-0.2, -0.15) is 0 Å². The number of carbonyl (C=O) groups excluding carboxylic acids is 1. The van der Waals surface area contributed by atoms with Gasteiger partial charge in [-0.05, 0) is 47.9 Å². The van der Waals surface area contributed by atoms with Crippen molar-refractivity contribution in [1.29, 1.82) is 0 Å². The van der Waals surface area contributed by atoms with Crippen molar-refractivity contribution in [3.05, 3.63) is 58.4 Å². The fourth-order valence-electron chi connectivity index (χ4n) is 3.24. The highest BCUT2D eigenvalue weighted by atomic mass is 32.2. The monoisotopic (exact) mass is 345 g/mol. The molecule has 0 unspecified atom stereocenters. The normalized spacial score (nSPS) is 19.0. The number of rotatable bonds is 6. The molecule has 3 N–H and O–H groups in total. The highest BCUT2D eigenvalue weighted by molar-refractivity contribution is 8.22. The molecule has 0 bridgehead atoms. The molecule has 0 saturated carbocycles. The van der Waals surface area contributed by atoms with E-state index in [-0.39, 0.29) is 5.91 Å². The topological polar surface area (TPSA) is 58.4 Å². The third-order valence-electron chi connectivity index (χ3n) is 4.67. The van der Waals surface area contributed by atoms with Gasteiger partial charge in [-0.25, -0.2) is 10.9 Å². The number of hydrogen-bond donors (Lipinski definition) is 3. The number of carbonyl (C=O) groups is 1. The highest BCUT2D eigenvalue weighted by Crippen LogP contribution is 2.33. The van der Waals surface area contributed by atoms with E-state index >= 15 is 0 Å². The molecule has 24 heavy (non-hydrogen) atoms. The number of nitrogens with zero attached hydrogens (tertiary/aromatic N) is 1. The molecule has 2 heterocycles. The van der Waals surface area contributed by atoms with E-state index in [4.69, 9.17) is 5.73 Å². The van der Waals surface area contributed by atoms with Crippen LogP contribution in [0.25, 0.3) is 0 Å². The molecule has 1 aromatic rings. The Kier molecular flexibility index (Phi) is 6.12. The first-order chi connectivity index (χ1) is 11.8. The zero-order valence-electron chi connectivity index (χ0n) is 14.0. The second kappa shape index (κ2) is 8.51. The number of thiol groups is 1. The van der Waals surface area contributed by atoms with Gasteiger partial charge >= 0.3 is 0 Å². The second-order valence-electron chi connectivity index (χ2n) is 6.38. The fourth-order valence-corrected chi connectivity index (χ4v) is 4.68. The van der Waals surface area contributed by atoms with Crippen LogP contribution in [0.3, 0.4) is 0 Å². The Morgan fingerprint density at radius 1 is 1.12 bits per heavy atom. The Morgan fingerprint density at radius 3 is 2.38 bits per heavy atom. The van der Waals surface area contributed by atoms with E-state index in [1.54, 1.807) is 0 Å². The molecule has 4 nitrogen and oxygen atoms in total. The van der Waals surface area contributed by atoms with E-state index < -0.39 is 10.9 Å². The highest BCUT2D eigenvalue weighted by Gasteiger charge is 2.26. The van der Waals surface area contributed by atoms with Crippen molar-refractivity contribution in [2.75, 3.05) is 18.8 Å². The van der Waals surface area contributed by atoms with Crippen molar-refractivity contribution in [1.82, 2.24) is 10.2 Å². The molecule has 2 aliphatic rings. The van der Waals surface area contributed by atoms with Crippen LogP contribution >= 0.6 is 10.9 Å². The van der Waals surface area contributed by atoms with Gasteiger partial charge in [0.25, 0.3) is 0 Å². The average molecular weight is 346 g/mol. The van der Waals surface area contributed by atoms with E-state index in [9.17, 15) is 4.79 Å². The predicted octanol–water partition coefficient (Wildman–Crippen LogP) is 2.27. The Labute approximate surface area is 147 Å². The molecule has 0 spiro atoms. The molecule has 2 aliphatic heterocycles. The third-order valence-corrected chi connectivity index (χ3v) is 6.41. The van der Waals surface area contributed by atoms with Crippen LogP contribution in [0.1, 0.15) is 24.0 Å². The fraction of sp³-hybridized carbons (Fsp3) is 0.421. The molecule has 0 aliphatic carbocycles. The number of nitrogens with two attached hydrogens (primary N) is 1. The van der Waals surface area contributed by atoms with Crippen LogP contribution in [0.15, 0.2) is 47.2 Å². The van der Waals surface area contributed by atoms with Crippen LogP contribution in [0.5, 0.6) is 0 Å². The predicted molar refractivity (Wildman–Crippen MR) is 103 cm³/mol. The summed E-state index contributed by atoms with van der Waals surface area (Å²) in [6.45, 7) is 3.25. The Bertz CT molecular complexity index is 594. The van der Waals surface area contributed by atoms with Crippen molar-refractivity contribution >= 4 is 16.8 Å². The zero-order chi connectivity index (χ0) is 16.8. The molecule has 1 aromatic carbocycles. The maximum atomic E-state index is 13.0. The van der Waals surface area contributed by atoms with Gasteiger partial charge in [0.15, 0.2) is 0 Å². The number of benzene rings is 1. The number of amides is 1. The summed E-state index contributed by atoms with van der Waals surface area (Å²) < 4.78 is 0. The lowest BCUT2D eigenvalue weighted by Crippen LogP contribution is -2.46. The van der Waals surface area contributed by atoms with Crippen molar-refractivity contribution in [2.45, 2.75) is 32.0 Å². The minimum absolute atomic E-state index is 0.284. The first-order valence-corrected chi connectivity index (χ1v) is 10.3. The molecule has 130 valence electrons. The van der Waals surface area contributed by atoms with Crippen molar-refractivity contribution in [3.8, 4) is 0 Å². The molecule has 1 amide bonds. The van der Waals surface area contributed by atoms with Gasteiger partial charge in [-0.3, -0.25) is 4.79 Å². The molecule has 1 fully saturated rings. The summed E-state index contributed by atoms with van der Waals surface area (Å²) in [6, 6.07) is 8.67. The van der Waals surface area contributed by atoms with E-state index in [2.05, 4.69) is 57.5 Å². The lowest BCUT2D eigenvalue weighted by atomic mass is 10.0. The van der Waals surface area contributed by atoms with Gasteiger partial charge in [0.05, 0.1) is 5.75 Å². The Morgan fingerprint density at radius 2 is 1.75 bits per heavy atom. The minimum Gasteiger partial charge on any atom is -0.335 e. The van der Waals surface area contributed by atoms with Crippen molar-refractivity contribution < 1.29 is 4.79 Å². The smallest absolute Gasteiger partial charge is 0.231 e. The summed E-state index contributed by atoms with van der Waals surface area (Å²) in [6.07, 6.45) is 6.19. The molecule has 0 aromatic heterocycles. The SMILES string of the molecule is NCc1ccc(CN(C(=O)C[SH]2C=CC=C2)C2CCNCC2)cc1.